The summed E-state index contributed by atoms with van der Waals surface area (Å²) in [6.45, 7) is 38.5. The summed E-state index contributed by atoms with van der Waals surface area (Å²) in [6, 6.07) is 0. The molecule has 0 aromatic heterocycles. The molecule has 630 valence electrons. The van der Waals surface area contributed by atoms with E-state index in [1.54, 1.807) is 20.8 Å². The van der Waals surface area contributed by atoms with Crippen LogP contribution in [0.4, 0.5) is 28.8 Å². The van der Waals surface area contributed by atoms with E-state index in [9.17, 15) is 57.5 Å². The standard InChI is InChI=1S/2C25H42N2O10.C24H40N2O10/c1-6-10-12-26-24(30)35-18-20(36-23(29)9-4)15-32-14-19(5)33-16-21(17-34-22(28)8-3)37-25(31)27-13-11-7-2;1-6-10-12-26-24(30)34-17-20(36-22(28)8-3)15-32-14-19(5)33-16-21(37-23(29)9-4)18-35-25(31)27-13-11-7-2;1-6-10-12-26-24(30)36-20(17-34-22(28)9-4)15-32-18(5)13-31-14-19(16-33-21(27)8-3)35-23(29)25-11-7-2/h2*8-9,19-21H,3-4,6-7,10-18H2,1-2,5H3,(H,26,30)(H,27,31);8-9,18-20H,3-4,6-7,10-17H2,1-2,5H3,(H,25,29)(H,26,30). The molecule has 0 aliphatic heterocycles. The number of nitrogens with one attached hydrogen (secondary N) is 6. The lowest BCUT2D eigenvalue weighted by Gasteiger charge is -2.22. The molecule has 9 atom stereocenters. The summed E-state index contributed by atoms with van der Waals surface area (Å²) in [5.41, 5.74) is 0. The first-order chi connectivity index (χ1) is 52.7. The van der Waals surface area contributed by atoms with Gasteiger partial charge in [0.1, 0.15) is 39.6 Å². The summed E-state index contributed by atoms with van der Waals surface area (Å²) < 4.78 is 95.1. The van der Waals surface area contributed by atoms with Crippen LogP contribution in [0.2, 0.25) is 0 Å². The van der Waals surface area contributed by atoms with E-state index in [-0.39, 0.29) is 99.1 Å². The van der Waals surface area contributed by atoms with Gasteiger partial charge in [0.25, 0.3) is 0 Å². The topological polar surface area (TPSA) is 443 Å². The quantitative estimate of drug-likeness (QED) is 0.0148. The van der Waals surface area contributed by atoms with Crippen molar-refractivity contribution in [3.63, 3.8) is 0 Å². The Balaban J connectivity index is -0.00000156. The van der Waals surface area contributed by atoms with Gasteiger partial charge >= 0.3 is 72.4 Å². The van der Waals surface area contributed by atoms with Crippen molar-refractivity contribution in [1.29, 1.82) is 0 Å². The number of esters is 6. The van der Waals surface area contributed by atoms with Crippen LogP contribution in [0.1, 0.15) is 133 Å². The molecular formula is C74H124N6O30. The SMILES string of the molecule is C=CC(=O)OC(COCC(C)OCC(COC(=O)NCCCC)OC(=O)C=C)COC(=O)NCCCC.C=CC(=O)OCC(COC(C)COCC(COC(=O)NCCCC)OC(=O)C=C)OC(=O)NCCCC.C=CC(=O)OCC(COCC(C)OCC(COC(=O)C=C)OC(=O)NCCCC)OC(=O)NCCC. The van der Waals surface area contributed by atoms with Gasteiger partial charge in [0.05, 0.1) is 77.8 Å². The molecule has 9 unspecified atom stereocenters. The van der Waals surface area contributed by atoms with Gasteiger partial charge in [-0.15, -0.1) is 0 Å². The molecule has 0 rings (SSSR count). The lowest BCUT2D eigenvalue weighted by Crippen LogP contribution is -2.37. The van der Waals surface area contributed by atoms with Crippen molar-refractivity contribution >= 4 is 72.4 Å². The van der Waals surface area contributed by atoms with Crippen LogP contribution in [-0.2, 0) is 114 Å². The molecule has 36 nitrogen and oxygen atoms in total. The van der Waals surface area contributed by atoms with Crippen LogP contribution in [0.15, 0.2) is 75.9 Å². The number of carbonyl (C=O) groups is 12. The first kappa shape index (κ1) is 105. The van der Waals surface area contributed by atoms with Crippen LogP contribution < -0.4 is 31.9 Å². The minimum Gasteiger partial charge on any atom is -0.458 e. The zero-order valence-electron chi connectivity index (χ0n) is 65.8. The van der Waals surface area contributed by atoms with E-state index >= 15 is 0 Å². The minimum atomic E-state index is -0.856. The van der Waals surface area contributed by atoms with Gasteiger partial charge in [-0.05, 0) is 59.3 Å². The second-order valence-corrected chi connectivity index (χ2v) is 23.5. The van der Waals surface area contributed by atoms with E-state index in [1.165, 1.54) is 0 Å². The van der Waals surface area contributed by atoms with Crippen molar-refractivity contribution in [2.24, 2.45) is 0 Å². The molecule has 0 heterocycles. The fraction of sp³-hybridized carbons (Fsp3) is 0.676. The first-order valence-electron chi connectivity index (χ1n) is 36.8. The van der Waals surface area contributed by atoms with Crippen LogP contribution in [0.25, 0.3) is 0 Å². The number of hydrogen-bond acceptors (Lipinski definition) is 30. The van der Waals surface area contributed by atoms with Gasteiger partial charge in [0.2, 0.25) is 0 Å². The summed E-state index contributed by atoms with van der Waals surface area (Å²) >= 11 is 0. The number of ether oxygens (including phenoxy) is 18. The smallest absolute Gasteiger partial charge is 0.407 e. The summed E-state index contributed by atoms with van der Waals surface area (Å²) in [7, 11) is 0. The van der Waals surface area contributed by atoms with Gasteiger partial charge in [0.15, 0.2) is 36.6 Å². The van der Waals surface area contributed by atoms with Crippen LogP contribution in [0.3, 0.4) is 0 Å². The zero-order chi connectivity index (χ0) is 83.0. The highest BCUT2D eigenvalue weighted by Gasteiger charge is 2.25. The predicted molar refractivity (Wildman–Crippen MR) is 400 cm³/mol. The number of hydrogen-bond donors (Lipinski definition) is 6. The summed E-state index contributed by atoms with van der Waals surface area (Å²) in [6.07, 6.45) is 5.07. The van der Waals surface area contributed by atoms with Gasteiger partial charge in [-0.2, -0.15) is 0 Å². The first-order valence-corrected chi connectivity index (χ1v) is 36.8. The number of unbranched alkanes of at least 4 members (excludes halogenated alkanes) is 5. The van der Waals surface area contributed by atoms with Gasteiger partial charge in [0, 0.05) is 75.7 Å². The maximum atomic E-state index is 12.0. The molecule has 0 aromatic rings. The molecule has 110 heavy (non-hydrogen) atoms. The van der Waals surface area contributed by atoms with Crippen molar-refractivity contribution in [3.8, 4) is 0 Å². The van der Waals surface area contributed by atoms with Crippen molar-refractivity contribution in [1.82, 2.24) is 31.9 Å². The average Bonchev–Trinajstić information content (AvgIpc) is 0.968. The minimum absolute atomic E-state index is 0.0611. The number of amides is 6. The lowest BCUT2D eigenvalue weighted by molar-refractivity contribution is -0.154. The summed E-state index contributed by atoms with van der Waals surface area (Å²) in [4.78, 5) is 140. The number of alkyl carbamates (subject to hydrolysis) is 6. The molecule has 6 amide bonds. The Morgan fingerprint density at radius 3 is 0.691 bits per heavy atom. The van der Waals surface area contributed by atoms with Crippen molar-refractivity contribution in [2.45, 2.75) is 188 Å². The second kappa shape index (κ2) is 72.5. The van der Waals surface area contributed by atoms with Crippen LogP contribution >= 0.6 is 0 Å². The third-order valence-electron chi connectivity index (χ3n) is 13.3. The summed E-state index contributed by atoms with van der Waals surface area (Å²) in [5, 5.41) is 15.6. The third-order valence-corrected chi connectivity index (χ3v) is 13.3. The highest BCUT2D eigenvalue weighted by molar-refractivity contribution is 5.83. The lowest BCUT2D eigenvalue weighted by atomic mass is 10.3. The van der Waals surface area contributed by atoms with Gasteiger partial charge in [-0.3, -0.25) is 0 Å². The van der Waals surface area contributed by atoms with Gasteiger partial charge in [-0.25, -0.2) is 57.5 Å². The largest absolute Gasteiger partial charge is 0.458 e. The molecular weight excluding hydrogens is 1450 g/mol. The van der Waals surface area contributed by atoms with Gasteiger partial charge < -0.3 is 117 Å². The molecule has 6 N–H and O–H groups in total. The van der Waals surface area contributed by atoms with Crippen molar-refractivity contribution < 1.29 is 143 Å². The zero-order valence-corrected chi connectivity index (χ0v) is 65.8. The highest BCUT2D eigenvalue weighted by Crippen LogP contribution is 2.09. The molecule has 0 aromatic carbocycles. The van der Waals surface area contributed by atoms with E-state index in [2.05, 4.69) is 71.4 Å². The fourth-order valence-corrected chi connectivity index (χ4v) is 7.39. The second-order valence-electron chi connectivity index (χ2n) is 23.5. The van der Waals surface area contributed by atoms with Crippen molar-refractivity contribution in [3.05, 3.63) is 75.9 Å². The average molecular weight is 1580 g/mol. The Hall–Kier alpha value is -9.36. The number of rotatable bonds is 62. The van der Waals surface area contributed by atoms with E-state index in [4.69, 9.17) is 85.3 Å². The Bertz CT molecular complexity index is 2640. The van der Waals surface area contributed by atoms with Crippen LogP contribution in [0, 0.1) is 0 Å². The molecule has 0 aliphatic rings. The van der Waals surface area contributed by atoms with Gasteiger partial charge in [-0.1, -0.05) is 113 Å². The fourth-order valence-electron chi connectivity index (χ4n) is 7.39. The Morgan fingerprint density at radius 2 is 0.455 bits per heavy atom. The molecule has 0 aliphatic carbocycles. The normalized spacial score (nSPS) is 12.8. The molecule has 0 radical (unpaired) electrons. The van der Waals surface area contributed by atoms with E-state index in [1.807, 2.05) is 41.5 Å². The maximum Gasteiger partial charge on any atom is 0.407 e. The highest BCUT2D eigenvalue weighted by atomic mass is 16.7. The molecule has 0 bridgehead atoms. The molecule has 0 saturated heterocycles. The van der Waals surface area contributed by atoms with Crippen LogP contribution in [0.5, 0.6) is 0 Å². The monoisotopic (exact) mass is 1580 g/mol. The van der Waals surface area contributed by atoms with Crippen LogP contribution in [-0.4, -0.2) is 266 Å². The van der Waals surface area contributed by atoms with E-state index in [0.717, 1.165) is 107 Å². The molecule has 0 saturated carbocycles. The van der Waals surface area contributed by atoms with E-state index < -0.39 is 127 Å². The maximum absolute atomic E-state index is 12.0. The van der Waals surface area contributed by atoms with E-state index in [0.29, 0.717) is 39.3 Å². The molecule has 0 spiro atoms. The Kier molecular flexibility index (Phi) is 69.1. The summed E-state index contributed by atoms with van der Waals surface area (Å²) in [5.74, 6) is -4.01. The number of carbonyl (C=O) groups excluding carboxylic acids is 12. The molecule has 36 heteroatoms. The Morgan fingerprint density at radius 1 is 0.245 bits per heavy atom. The van der Waals surface area contributed by atoms with Crippen molar-refractivity contribution in [2.75, 3.05) is 138 Å². The molecule has 0 fully saturated rings. The Labute approximate surface area is 647 Å². The predicted octanol–water partition coefficient (Wildman–Crippen LogP) is 7.58. The third kappa shape index (κ3) is 66.8.